The fraction of sp³-hybridized carbons (Fsp3) is 0.143. The largest absolute Gasteiger partial charge is 0.383 e. The lowest BCUT2D eigenvalue weighted by Crippen LogP contribution is -2.12. The lowest BCUT2D eigenvalue weighted by atomic mass is 10.0. The molecule has 0 aliphatic heterocycles. The molecule has 2 heterocycles. The molecule has 1 amide bonds. The second kappa shape index (κ2) is 9.24. The summed E-state index contributed by atoms with van der Waals surface area (Å²) in [5.74, 6) is 0.387. The fourth-order valence-electron chi connectivity index (χ4n) is 2.76. The first kappa shape index (κ1) is 20.4. The maximum atomic E-state index is 12.2. The molecule has 0 saturated heterocycles. The molecule has 6 nitrogen and oxygen atoms in total. The van der Waals surface area contributed by atoms with Gasteiger partial charge >= 0.3 is 0 Å². The Morgan fingerprint density at radius 1 is 1.24 bits per heavy atom. The molecule has 3 aromatic rings. The Bertz CT molecular complexity index is 1130. The first-order chi connectivity index (χ1) is 14.0. The van der Waals surface area contributed by atoms with Crippen molar-refractivity contribution < 1.29 is 4.79 Å². The summed E-state index contributed by atoms with van der Waals surface area (Å²) in [6.07, 6.45) is 0.249. The molecule has 0 aliphatic carbocycles. The molecule has 144 valence electrons. The zero-order valence-corrected chi connectivity index (χ0v) is 17.2. The minimum absolute atomic E-state index is 0.0848. The minimum Gasteiger partial charge on any atom is -0.383 e. The minimum atomic E-state index is -0.123. The molecule has 3 N–H and O–H groups in total. The molecule has 0 saturated carbocycles. The highest BCUT2D eigenvalue weighted by Gasteiger charge is 2.21. The van der Waals surface area contributed by atoms with E-state index in [9.17, 15) is 15.3 Å². The molecule has 29 heavy (non-hydrogen) atoms. The Morgan fingerprint density at radius 3 is 2.69 bits per heavy atom. The van der Waals surface area contributed by atoms with E-state index in [4.69, 9.17) is 5.73 Å². The van der Waals surface area contributed by atoms with Crippen LogP contribution in [0.25, 0.3) is 10.4 Å². The third-order valence-corrected chi connectivity index (χ3v) is 5.92. The van der Waals surface area contributed by atoms with Crippen molar-refractivity contribution in [3.63, 3.8) is 0 Å². The summed E-state index contributed by atoms with van der Waals surface area (Å²) in [5.41, 5.74) is 8.80. The van der Waals surface area contributed by atoms with Crippen molar-refractivity contribution in [2.75, 3.05) is 16.8 Å². The van der Waals surface area contributed by atoms with Crippen LogP contribution < -0.4 is 11.1 Å². The van der Waals surface area contributed by atoms with Gasteiger partial charge in [-0.05, 0) is 36.1 Å². The van der Waals surface area contributed by atoms with Crippen LogP contribution in [0.3, 0.4) is 0 Å². The number of thioether (sulfide) groups is 1. The summed E-state index contributed by atoms with van der Waals surface area (Å²) in [6, 6.07) is 15.5. The normalized spacial score (nSPS) is 10.2. The van der Waals surface area contributed by atoms with E-state index in [1.807, 2.05) is 48.7 Å². The number of hydrogen-bond donors (Lipinski definition) is 2. The number of amides is 1. The number of thiophene rings is 1. The van der Waals surface area contributed by atoms with Crippen molar-refractivity contribution in [1.82, 2.24) is 4.98 Å². The standard InChI is InChI=1S/C21H17N5OS2/c1-13-4-2-5-14(10-13)25-18(27)7-9-29-21-16(12-23)19(17-6-3-8-28-17)15(11-22)20(24)26-21/h2-6,8,10H,7,9H2,1H3,(H2,24,26)(H,25,27). The second-order valence-electron chi connectivity index (χ2n) is 6.14. The average molecular weight is 420 g/mol. The van der Waals surface area contributed by atoms with Crippen molar-refractivity contribution >= 4 is 40.5 Å². The van der Waals surface area contributed by atoms with E-state index in [1.165, 1.54) is 23.1 Å². The number of anilines is 2. The Morgan fingerprint density at radius 2 is 2.03 bits per heavy atom. The van der Waals surface area contributed by atoms with Gasteiger partial charge in [-0.1, -0.05) is 18.2 Å². The number of pyridine rings is 1. The van der Waals surface area contributed by atoms with Gasteiger partial charge in [-0.25, -0.2) is 4.98 Å². The van der Waals surface area contributed by atoms with Crippen LogP contribution in [0.5, 0.6) is 0 Å². The van der Waals surface area contributed by atoms with Crippen molar-refractivity contribution in [2.45, 2.75) is 18.4 Å². The lowest BCUT2D eigenvalue weighted by Gasteiger charge is -2.11. The van der Waals surface area contributed by atoms with Crippen LogP contribution in [0.4, 0.5) is 11.5 Å². The number of carbonyl (C=O) groups excluding carboxylic acids is 1. The van der Waals surface area contributed by atoms with E-state index >= 15 is 0 Å². The third kappa shape index (κ3) is 4.75. The number of hydrogen-bond acceptors (Lipinski definition) is 7. The number of benzene rings is 1. The van der Waals surface area contributed by atoms with Gasteiger partial charge in [0.1, 0.15) is 28.5 Å². The van der Waals surface area contributed by atoms with E-state index in [0.29, 0.717) is 21.9 Å². The maximum Gasteiger partial charge on any atom is 0.225 e. The van der Waals surface area contributed by atoms with Gasteiger partial charge in [-0.3, -0.25) is 4.79 Å². The van der Waals surface area contributed by atoms with Crippen molar-refractivity contribution in [3.05, 3.63) is 58.5 Å². The number of nitriles is 2. The summed E-state index contributed by atoms with van der Waals surface area (Å²) in [5, 5.41) is 24.3. The van der Waals surface area contributed by atoms with Crippen LogP contribution in [-0.2, 0) is 4.79 Å². The molecular formula is C21H17N5OS2. The highest BCUT2D eigenvalue weighted by molar-refractivity contribution is 7.99. The molecule has 0 radical (unpaired) electrons. The van der Waals surface area contributed by atoms with Gasteiger partial charge in [0.25, 0.3) is 0 Å². The Labute approximate surface area is 177 Å². The molecule has 0 fully saturated rings. The van der Waals surface area contributed by atoms with E-state index < -0.39 is 0 Å². The van der Waals surface area contributed by atoms with Gasteiger partial charge in [0, 0.05) is 28.3 Å². The number of nitrogens with one attached hydrogen (secondary N) is 1. The van der Waals surface area contributed by atoms with Gasteiger partial charge in [0.15, 0.2) is 0 Å². The van der Waals surface area contributed by atoms with Crippen LogP contribution in [0.15, 0.2) is 46.8 Å². The van der Waals surface area contributed by atoms with Crippen LogP contribution >= 0.6 is 23.1 Å². The molecule has 3 rings (SSSR count). The molecule has 8 heteroatoms. The maximum absolute atomic E-state index is 12.2. The fourth-order valence-corrected chi connectivity index (χ4v) is 4.48. The smallest absolute Gasteiger partial charge is 0.225 e. The van der Waals surface area contributed by atoms with E-state index in [2.05, 4.69) is 22.4 Å². The predicted octanol–water partition coefficient (Wildman–Crippen LogP) is 4.56. The topological polar surface area (TPSA) is 116 Å². The molecule has 0 bridgehead atoms. The zero-order chi connectivity index (χ0) is 20.8. The second-order valence-corrected chi connectivity index (χ2v) is 8.18. The zero-order valence-electron chi connectivity index (χ0n) is 15.6. The number of rotatable bonds is 6. The molecule has 0 unspecified atom stereocenters. The monoisotopic (exact) mass is 419 g/mol. The summed E-state index contributed by atoms with van der Waals surface area (Å²) in [6.45, 7) is 1.96. The number of aromatic nitrogens is 1. The summed E-state index contributed by atoms with van der Waals surface area (Å²) in [7, 11) is 0. The third-order valence-electron chi connectivity index (χ3n) is 4.05. The van der Waals surface area contributed by atoms with Crippen molar-refractivity contribution in [3.8, 4) is 22.6 Å². The van der Waals surface area contributed by atoms with E-state index in [1.54, 1.807) is 0 Å². The molecular weight excluding hydrogens is 402 g/mol. The molecule has 2 aromatic heterocycles. The van der Waals surface area contributed by atoms with Crippen molar-refractivity contribution in [1.29, 1.82) is 10.5 Å². The Balaban J connectivity index is 1.77. The van der Waals surface area contributed by atoms with Gasteiger partial charge in [-0.15, -0.1) is 23.1 Å². The molecule has 0 atom stereocenters. The molecule has 0 aliphatic rings. The SMILES string of the molecule is Cc1cccc(NC(=O)CCSc2nc(N)c(C#N)c(-c3cccs3)c2C#N)c1. The van der Waals surface area contributed by atoms with E-state index in [-0.39, 0.29) is 23.7 Å². The van der Waals surface area contributed by atoms with Gasteiger partial charge in [0.2, 0.25) is 5.91 Å². The number of aryl methyl sites for hydroxylation is 1. The van der Waals surface area contributed by atoms with Crippen LogP contribution in [-0.4, -0.2) is 16.6 Å². The van der Waals surface area contributed by atoms with E-state index in [0.717, 1.165) is 16.1 Å². The highest BCUT2D eigenvalue weighted by Crippen LogP contribution is 2.37. The lowest BCUT2D eigenvalue weighted by molar-refractivity contribution is -0.115. The number of nitrogens with two attached hydrogens (primary N) is 1. The number of nitrogen functional groups attached to an aromatic ring is 1. The first-order valence-electron chi connectivity index (χ1n) is 8.70. The Kier molecular flexibility index (Phi) is 6.50. The van der Waals surface area contributed by atoms with Crippen LogP contribution in [0.2, 0.25) is 0 Å². The van der Waals surface area contributed by atoms with Gasteiger partial charge < -0.3 is 11.1 Å². The summed E-state index contributed by atoms with van der Waals surface area (Å²) in [4.78, 5) is 17.2. The highest BCUT2D eigenvalue weighted by atomic mass is 32.2. The molecule has 0 spiro atoms. The number of carbonyl (C=O) groups is 1. The quantitative estimate of drug-likeness (QED) is 0.566. The summed E-state index contributed by atoms with van der Waals surface area (Å²) >= 11 is 2.70. The van der Waals surface area contributed by atoms with Gasteiger partial charge in [-0.2, -0.15) is 10.5 Å². The predicted molar refractivity (Wildman–Crippen MR) is 117 cm³/mol. The van der Waals surface area contributed by atoms with Crippen LogP contribution in [0.1, 0.15) is 23.1 Å². The Hall–Kier alpha value is -3.33. The average Bonchev–Trinajstić information content (AvgIpc) is 3.22. The first-order valence-corrected chi connectivity index (χ1v) is 10.6. The van der Waals surface area contributed by atoms with Crippen molar-refractivity contribution in [2.24, 2.45) is 0 Å². The summed E-state index contributed by atoms with van der Waals surface area (Å²) < 4.78 is 0. The molecule has 1 aromatic carbocycles. The van der Waals surface area contributed by atoms with Gasteiger partial charge in [0.05, 0.1) is 5.56 Å². The number of nitrogens with zero attached hydrogens (tertiary/aromatic N) is 3. The van der Waals surface area contributed by atoms with Crippen LogP contribution in [0, 0.1) is 29.6 Å².